The first-order valence-corrected chi connectivity index (χ1v) is 7.29. The summed E-state index contributed by atoms with van der Waals surface area (Å²) in [4.78, 5) is 12.1. The highest BCUT2D eigenvalue weighted by atomic mass is 16.2. The van der Waals surface area contributed by atoms with Crippen molar-refractivity contribution in [3.05, 3.63) is 0 Å². The molecule has 1 saturated carbocycles. The van der Waals surface area contributed by atoms with Crippen molar-refractivity contribution in [3.8, 4) is 0 Å². The third-order valence-electron chi connectivity index (χ3n) is 4.23. The third kappa shape index (κ3) is 3.98. The number of nitrogens with two attached hydrogens (primary N) is 1. The first kappa shape index (κ1) is 15.5. The van der Waals surface area contributed by atoms with E-state index < -0.39 is 0 Å². The molecular formula is C15H30N2O. The number of amides is 1. The fraction of sp³-hybridized carbons (Fsp3) is 0.933. The molecule has 1 aliphatic rings. The summed E-state index contributed by atoms with van der Waals surface area (Å²) < 4.78 is 0. The van der Waals surface area contributed by atoms with Crippen LogP contribution in [0.2, 0.25) is 0 Å². The van der Waals surface area contributed by atoms with E-state index >= 15 is 0 Å². The van der Waals surface area contributed by atoms with Crippen molar-refractivity contribution >= 4 is 5.91 Å². The maximum atomic E-state index is 12.1. The second-order valence-corrected chi connectivity index (χ2v) is 7.14. The van der Waals surface area contributed by atoms with E-state index in [-0.39, 0.29) is 23.3 Å². The molecule has 0 radical (unpaired) electrons. The lowest BCUT2D eigenvalue weighted by atomic mass is 9.69. The van der Waals surface area contributed by atoms with Crippen molar-refractivity contribution in [3.63, 3.8) is 0 Å². The van der Waals surface area contributed by atoms with Crippen molar-refractivity contribution in [1.29, 1.82) is 0 Å². The first-order valence-electron chi connectivity index (χ1n) is 7.29. The normalized spacial score (nSPS) is 27.1. The second-order valence-electron chi connectivity index (χ2n) is 7.14. The standard InChI is InChI=1S/C15H30N2O/c1-10(2)13(16)14(18)17-12-9-7-6-8-11(12)15(3,4)5/h10-13H,6-9,16H2,1-5H3,(H,17,18)/t11?,12?,13-/m0/s1. The van der Waals surface area contributed by atoms with E-state index in [2.05, 4.69) is 26.1 Å². The van der Waals surface area contributed by atoms with Crippen molar-refractivity contribution in [2.75, 3.05) is 0 Å². The average molecular weight is 254 g/mol. The molecule has 3 nitrogen and oxygen atoms in total. The highest BCUT2D eigenvalue weighted by Gasteiger charge is 2.35. The predicted octanol–water partition coefficient (Wildman–Crippen LogP) is 2.69. The Morgan fingerprint density at radius 2 is 1.78 bits per heavy atom. The van der Waals surface area contributed by atoms with Crippen LogP contribution in [0.1, 0.15) is 60.3 Å². The largest absolute Gasteiger partial charge is 0.352 e. The van der Waals surface area contributed by atoms with Gasteiger partial charge < -0.3 is 11.1 Å². The van der Waals surface area contributed by atoms with Crippen LogP contribution in [0.5, 0.6) is 0 Å². The van der Waals surface area contributed by atoms with Crippen molar-refractivity contribution in [2.24, 2.45) is 23.0 Å². The van der Waals surface area contributed by atoms with Gasteiger partial charge in [0, 0.05) is 6.04 Å². The topological polar surface area (TPSA) is 55.1 Å². The number of carbonyl (C=O) groups is 1. The summed E-state index contributed by atoms with van der Waals surface area (Å²) in [6.45, 7) is 10.8. The molecule has 3 heteroatoms. The Bertz CT molecular complexity index is 281. The van der Waals surface area contributed by atoms with Gasteiger partial charge in [-0.1, -0.05) is 47.5 Å². The molecule has 18 heavy (non-hydrogen) atoms. The van der Waals surface area contributed by atoms with Gasteiger partial charge in [0.2, 0.25) is 5.91 Å². The van der Waals surface area contributed by atoms with Crippen molar-refractivity contribution in [2.45, 2.75) is 72.4 Å². The van der Waals surface area contributed by atoms with Gasteiger partial charge in [-0.3, -0.25) is 4.79 Å². The van der Waals surface area contributed by atoms with Gasteiger partial charge in [0.15, 0.2) is 0 Å². The Kier molecular flexibility index (Phi) is 5.20. The van der Waals surface area contributed by atoms with Gasteiger partial charge in [-0.05, 0) is 30.1 Å². The van der Waals surface area contributed by atoms with E-state index in [1.54, 1.807) is 0 Å². The highest BCUT2D eigenvalue weighted by molar-refractivity contribution is 5.82. The number of carbonyl (C=O) groups excluding carboxylic acids is 1. The molecule has 3 atom stereocenters. The van der Waals surface area contributed by atoms with Gasteiger partial charge in [-0.15, -0.1) is 0 Å². The van der Waals surface area contributed by atoms with Crippen LogP contribution in [0.15, 0.2) is 0 Å². The van der Waals surface area contributed by atoms with Gasteiger partial charge in [0.25, 0.3) is 0 Å². The lowest BCUT2D eigenvalue weighted by molar-refractivity contribution is -0.125. The van der Waals surface area contributed by atoms with Crippen LogP contribution in [0, 0.1) is 17.3 Å². The van der Waals surface area contributed by atoms with E-state index in [0.717, 1.165) is 6.42 Å². The first-order chi connectivity index (χ1) is 8.23. The zero-order valence-corrected chi connectivity index (χ0v) is 12.6. The zero-order chi connectivity index (χ0) is 13.9. The predicted molar refractivity (Wildman–Crippen MR) is 76.2 cm³/mol. The molecule has 106 valence electrons. The number of nitrogens with one attached hydrogen (secondary N) is 1. The molecule has 0 aromatic heterocycles. The third-order valence-corrected chi connectivity index (χ3v) is 4.23. The van der Waals surface area contributed by atoms with Crippen LogP contribution in [0.25, 0.3) is 0 Å². The minimum atomic E-state index is -0.382. The highest BCUT2D eigenvalue weighted by Crippen LogP contribution is 2.38. The zero-order valence-electron chi connectivity index (χ0n) is 12.6. The molecule has 0 bridgehead atoms. The van der Waals surface area contributed by atoms with E-state index in [0.29, 0.717) is 12.0 Å². The van der Waals surface area contributed by atoms with Gasteiger partial charge in [0.05, 0.1) is 6.04 Å². The molecule has 0 aromatic carbocycles. The molecule has 3 N–H and O–H groups in total. The Hall–Kier alpha value is -0.570. The average Bonchev–Trinajstić information content (AvgIpc) is 2.27. The molecule has 0 saturated heterocycles. The smallest absolute Gasteiger partial charge is 0.237 e. The summed E-state index contributed by atoms with van der Waals surface area (Å²) in [7, 11) is 0. The SMILES string of the molecule is CC(C)[C@H](N)C(=O)NC1CCCCC1C(C)(C)C. The molecule has 0 spiro atoms. The molecular weight excluding hydrogens is 224 g/mol. The fourth-order valence-electron chi connectivity index (χ4n) is 2.92. The Morgan fingerprint density at radius 3 is 2.28 bits per heavy atom. The summed E-state index contributed by atoms with van der Waals surface area (Å²) >= 11 is 0. The van der Waals surface area contributed by atoms with E-state index in [1.807, 2.05) is 13.8 Å². The summed E-state index contributed by atoms with van der Waals surface area (Å²) in [5.74, 6) is 0.780. The van der Waals surface area contributed by atoms with Crippen LogP contribution in [-0.4, -0.2) is 18.0 Å². The number of hydrogen-bond acceptors (Lipinski definition) is 2. The molecule has 1 fully saturated rings. The lowest BCUT2D eigenvalue weighted by Gasteiger charge is -2.41. The van der Waals surface area contributed by atoms with E-state index in [9.17, 15) is 4.79 Å². The Balaban J connectivity index is 2.65. The Morgan fingerprint density at radius 1 is 1.22 bits per heavy atom. The fourth-order valence-corrected chi connectivity index (χ4v) is 2.92. The Labute approximate surface area is 112 Å². The quantitative estimate of drug-likeness (QED) is 0.813. The lowest BCUT2D eigenvalue weighted by Crippen LogP contribution is -2.52. The molecule has 0 aromatic rings. The van der Waals surface area contributed by atoms with E-state index in [4.69, 9.17) is 5.73 Å². The number of hydrogen-bond donors (Lipinski definition) is 2. The molecule has 0 aliphatic heterocycles. The van der Waals surface area contributed by atoms with Crippen LogP contribution < -0.4 is 11.1 Å². The molecule has 0 heterocycles. The van der Waals surface area contributed by atoms with Gasteiger partial charge in [0.1, 0.15) is 0 Å². The van der Waals surface area contributed by atoms with E-state index in [1.165, 1.54) is 19.3 Å². The summed E-state index contributed by atoms with van der Waals surface area (Å²) in [5, 5.41) is 3.19. The van der Waals surface area contributed by atoms with Gasteiger partial charge in [-0.25, -0.2) is 0 Å². The monoisotopic (exact) mass is 254 g/mol. The molecule has 2 unspecified atom stereocenters. The maximum absolute atomic E-state index is 12.1. The van der Waals surface area contributed by atoms with Gasteiger partial charge in [-0.2, -0.15) is 0 Å². The van der Waals surface area contributed by atoms with Crippen molar-refractivity contribution in [1.82, 2.24) is 5.32 Å². The van der Waals surface area contributed by atoms with Crippen LogP contribution >= 0.6 is 0 Å². The number of rotatable bonds is 3. The summed E-state index contributed by atoms with van der Waals surface area (Å²) in [5.41, 5.74) is 6.17. The minimum Gasteiger partial charge on any atom is -0.352 e. The van der Waals surface area contributed by atoms with Crippen LogP contribution in [0.3, 0.4) is 0 Å². The van der Waals surface area contributed by atoms with Crippen molar-refractivity contribution < 1.29 is 4.79 Å². The van der Waals surface area contributed by atoms with Crippen LogP contribution in [-0.2, 0) is 4.79 Å². The van der Waals surface area contributed by atoms with Crippen LogP contribution in [0.4, 0.5) is 0 Å². The second kappa shape index (κ2) is 6.05. The maximum Gasteiger partial charge on any atom is 0.237 e. The minimum absolute atomic E-state index is 0.0196. The molecule has 1 rings (SSSR count). The molecule has 1 amide bonds. The van der Waals surface area contributed by atoms with Gasteiger partial charge >= 0.3 is 0 Å². The summed E-state index contributed by atoms with van der Waals surface area (Å²) in [6.07, 6.45) is 4.81. The summed E-state index contributed by atoms with van der Waals surface area (Å²) in [6, 6.07) is -0.0800. The molecule has 1 aliphatic carbocycles.